The van der Waals surface area contributed by atoms with Gasteiger partial charge in [0.15, 0.2) is 5.43 Å². The molecule has 0 aliphatic heterocycles. The molecule has 2 N–H and O–H groups in total. The molecule has 5 aromatic rings. The number of anilines is 1. The van der Waals surface area contributed by atoms with Crippen molar-refractivity contribution in [1.82, 2.24) is 24.9 Å². The molecule has 0 saturated heterocycles. The van der Waals surface area contributed by atoms with Gasteiger partial charge in [0.05, 0.1) is 28.9 Å². The maximum absolute atomic E-state index is 13.4. The summed E-state index contributed by atoms with van der Waals surface area (Å²) in [6, 6.07) is 6.83. The molecule has 11 heteroatoms. The molecular formula is C25H23ClN6O4. The lowest BCUT2D eigenvalue weighted by Crippen LogP contribution is -2.13. The van der Waals surface area contributed by atoms with Crippen LogP contribution in [0.25, 0.3) is 33.8 Å². The summed E-state index contributed by atoms with van der Waals surface area (Å²) in [6.45, 7) is 8.32. The molecule has 10 nitrogen and oxygen atoms in total. The number of nitrogens with zero attached hydrogens (tertiary/aromatic N) is 4. The van der Waals surface area contributed by atoms with Crippen molar-refractivity contribution < 1.29 is 8.94 Å². The number of aryl methyl sites for hydroxylation is 2. The number of benzene rings is 1. The molecule has 0 radical (unpaired) electrons. The van der Waals surface area contributed by atoms with E-state index in [1.54, 1.807) is 29.9 Å². The number of H-pyrrole nitrogens is 1. The second-order valence-corrected chi connectivity index (χ2v) is 8.93. The van der Waals surface area contributed by atoms with E-state index in [-0.39, 0.29) is 22.4 Å². The number of fused-ring (bicyclic) bond motifs is 1. The number of hydrogen-bond donors (Lipinski definition) is 2. The molecule has 5 rings (SSSR count). The van der Waals surface area contributed by atoms with Gasteiger partial charge >= 0.3 is 5.76 Å². The first kappa shape index (κ1) is 23.6. The lowest BCUT2D eigenvalue weighted by molar-refractivity contribution is 0.388. The highest BCUT2D eigenvalue weighted by Gasteiger charge is 2.21. The quantitative estimate of drug-likeness (QED) is 0.312. The van der Waals surface area contributed by atoms with E-state index in [1.165, 1.54) is 0 Å². The average molecular weight is 507 g/mol. The number of rotatable bonds is 6. The van der Waals surface area contributed by atoms with E-state index in [0.29, 0.717) is 40.2 Å². The van der Waals surface area contributed by atoms with Gasteiger partial charge in [-0.2, -0.15) is 5.10 Å². The van der Waals surface area contributed by atoms with Crippen LogP contribution in [0, 0.1) is 13.8 Å². The van der Waals surface area contributed by atoms with Crippen LogP contribution in [0.3, 0.4) is 0 Å². The third-order valence-electron chi connectivity index (χ3n) is 5.98. The Morgan fingerprint density at radius 2 is 2.03 bits per heavy atom. The number of aromatic amines is 1. The van der Waals surface area contributed by atoms with Crippen molar-refractivity contribution in [3.8, 4) is 22.8 Å². The zero-order chi connectivity index (χ0) is 25.6. The van der Waals surface area contributed by atoms with Crippen LogP contribution in [-0.4, -0.2) is 24.9 Å². The summed E-state index contributed by atoms with van der Waals surface area (Å²) in [5, 5.41) is 12.2. The highest BCUT2D eigenvalue weighted by atomic mass is 35.5. The van der Waals surface area contributed by atoms with Gasteiger partial charge in [-0.15, -0.1) is 0 Å². The molecule has 0 bridgehead atoms. The third-order valence-corrected chi connectivity index (χ3v) is 6.19. The first-order valence-corrected chi connectivity index (χ1v) is 11.7. The Morgan fingerprint density at radius 3 is 2.72 bits per heavy atom. The van der Waals surface area contributed by atoms with Crippen molar-refractivity contribution in [3.63, 3.8) is 0 Å². The van der Waals surface area contributed by atoms with E-state index in [9.17, 15) is 9.59 Å². The van der Waals surface area contributed by atoms with Gasteiger partial charge < -0.3 is 9.73 Å². The maximum atomic E-state index is 13.4. The lowest BCUT2D eigenvalue weighted by Gasteiger charge is -2.19. The van der Waals surface area contributed by atoms with E-state index < -0.39 is 5.76 Å². The fourth-order valence-electron chi connectivity index (χ4n) is 4.19. The minimum atomic E-state index is -0.702. The SMILES string of the molecule is CCn1cc(-c2oc3c([C@@H](C)Nc4ccc(Cl)nc4-c4noc(=O)[nH]4)cc(C)cc3c(=O)c2C)cn1. The van der Waals surface area contributed by atoms with E-state index in [1.807, 2.05) is 39.1 Å². The molecule has 0 unspecified atom stereocenters. The summed E-state index contributed by atoms with van der Waals surface area (Å²) in [6.07, 6.45) is 3.55. The number of hydrogen-bond acceptors (Lipinski definition) is 8. The van der Waals surface area contributed by atoms with Gasteiger partial charge in [-0.1, -0.05) is 22.8 Å². The first-order valence-electron chi connectivity index (χ1n) is 11.4. The molecule has 4 heterocycles. The van der Waals surface area contributed by atoms with Gasteiger partial charge in [0.25, 0.3) is 0 Å². The molecule has 0 aliphatic carbocycles. The van der Waals surface area contributed by atoms with Crippen LogP contribution in [0.5, 0.6) is 0 Å². The Kier molecular flexibility index (Phi) is 5.97. The molecule has 0 spiro atoms. The van der Waals surface area contributed by atoms with Gasteiger partial charge in [0, 0.05) is 23.9 Å². The fraction of sp³-hybridized carbons (Fsp3) is 0.240. The minimum absolute atomic E-state index is 0.0957. The van der Waals surface area contributed by atoms with Crippen LogP contribution >= 0.6 is 11.6 Å². The molecular weight excluding hydrogens is 484 g/mol. The summed E-state index contributed by atoms with van der Waals surface area (Å²) in [7, 11) is 0. The Labute approximate surface area is 209 Å². The van der Waals surface area contributed by atoms with Crippen LogP contribution < -0.4 is 16.5 Å². The zero-order valence-corrected chi connectivity index (χ0v) is 20.8. The van der Waals surface area contributed by atoms with Crippen LogP contribution in [-0.2, 0) is 6.54 Å². The minimum Gasteiger partial charge on any atom is -0.455 e. The molecule has 1 atom stereocenters. The van der Waals surface area contributed by atoms with Gasteiger partial charge in [-0.05, 0) is 51.5 Å². The van der Waals surface area contributed by atoms with Gasteiger partial charge in [-0.25, -0.2) is 9.78 Å². The second-order valence-electron chi connectivity index (χ2n) is 8.54. The van der Waals surface area contributed by atoms with Gasteiger partial charge in [0.2, 0.25) is 5.82 Å². The number of halogens is 1. The number of pyridine rings is 1. The predicted octanol–water partition coefficient (Wildman–Crippen LogP) is 4.86. The van der Waals surface area contributed by atoms with Crippen molar-refractivity contribution in [2.24, 2.45) is 0 Å². The van der Waals surface area contributed by atoms with Crippen LogP contribution in [0.15, 0.2) is 55.2 Å². The Hall–Kier alpha value is -4.18. The summed E-state index contributed by atoms with van der Waals surface area (Å²) < 4.78 is 12.8. The van der Waals surface area contributed by atoms with Crippen LogP contribution in [0.4, 0.5) is 5.69 Å². The molecule has 0 amide bonds. The van der Waals surface area contributed by atoms with E-state index in [0.717, 1.165) is 16.7 Å². The van der Waals surface area contributed by atoms with Crippen molar-refractivity contribution in [3.05, 3.63) is 79.3 Å². The summed E-state index contributed by atoms with van der Waals surface area (Å²) in [5.74, 6) is -0.0753. The normalized spacial score (nSPS) is 12.2. The maximum Gasteiger partial charge on any atom is 0.439 e. The summed E-state index contributed by atoms with van der Waals surface area (Å²) in [5.41, 5.74) is 4.22. The van der Waals surface area contributed by atoms with Gasteiger partial charge in [0.1, 0.15) is 22.2 Å². The van der Waals surface area contributed by atoms with E-state index in [2.05, 4.69) is 30.1 Å². The first-order chi connectivity index (χ1) is 17.2. The van der Waals surface area contributed by atoms with Gasteiger partial charge in [-0.3, -0.25) is 19.0 Å². The topological polar surface area (TPSA) is 132 Å². The smallest absolute Gasteiger partial charge is 0.439 e. The van der Waals surface area contributed by atoms with Crippen molar-refractivity contribution in [1.29, 1.82) is 0 Å². The summed E-state index contributed by atoms with van der Waals surface area (Å²) >= 11 is 6.10. The molecule has 4 aromatic heterocycles. The van der Waals surface area contributed by atoms with Crippen molar-refractivity contribution in [2.45, 2.75) is 40.3 Å². The molecule has 36 heavy (non-hydrogen) atoms. The molecule has 0 saturated carbocycles. The second kappa shape index (κ2) is 9.12. The molecule has 0 aliphatic rings. The number of nitrogens with one attached hydrogen (secondary N) is 2. The highest BCUT2D eigenvalue weighted by Crippen LogP contribution is 2.34. The standard InChI is InChI=1S/C25H23ClN6O4/c1-5-32-11-15(10-27-32)22-13(3)21(33)17-9-12(2)8-16(23(17)35-22)14(4)28-18-6-7-19(26)29-20(18)24-30-25(34)36-31-24/h6-11,14,28H,5H2,1-4H3,(H,30,31,34)/t14-/m1/s1. The van der Waals surface area contributed by atoms with Crippen LogP contribution in [0.2, 0.25) is 5.15 Å². The average Bonchev–Trinajstić information content (AvgIpc) is 3.51. The molecule has 0 fully saturated rings. The van der Waals surface area contributed by atoms with E-state index >= 15 is 0 Å². The van der Waals surface area contributed by atoms with Crippen molar-refractivity contribution in [2.75, 3.05) is 5.32 Å². The Balaban J connectivity index is 1.64. The molecule has 1 aromatic carbocycles. The number of aromatic nitrogens is 5. The van der Waals surface area contributed by atoms with Crippen molar-refractivity contribution >= 4 is 28.3 Å². The summed E-state index contributed by atoms with van der Waals surface area (Å²) in [4.78, 5) is 31.7. The highest BCUT2D eigenvalue weighted by molar-refractivity contribution is 6.29. The zero-order valence-electron chi connectivity index (χ0n) is 20.0. The predicted molar refractivity (Wildman–Crippen MR) is 136 cm³/mol. The monoisotopic (exact) mass is 506 g/mol. The Morgan fingerprint density at radius 1 is 1.22 bits per heavy atom. The third kappa shape index (κ3) is 4.20. The van der Waals surface area contributed by atoms with Crippen LogP contribution in [0.1, 0.15) is 36.6 Å². The molecule has 184 valence electrons. The lowest BCUT2D eigenvalue weighted by atomic mass is 9.99. The fourth-order valence-corrected chi connectivity index (χ4v) is 4.34. The Bertz CT molecular complexity index is 1710. The largest absolute Gasteiger partial charge is 0.455 e. The van der Waals surface area contributed by atoms with E-state index in [4.69, 9.17) is 16.0 Å².